The van der Waals surface area contributed by atoms with Crippen molar-refractivity contribution in [1.29, 1.82) is 0 Å². The van der Waals surface area contributed by atoms with E-state index < -0.39 is 0 Å². The number of nitrogens with zero attached hydrogens (tertiary/aromatic N) is 3. The van der Waals surface area contributed by atoms with E-state index in [2.05, 4.69) is 10.1 Å². The molecule has 2 N–H and O–H groups in total. The second-order valence-corrected chi connectivity index (χ2v) is 4.27. The van der Waals surface area contributed by atoms with Crippen LogP contribution in [0.25, 0.3) is 11.3 Å². The van der Waals surface area contributed by atoms with Crippen molar-refractivity contribution in [1.82, 2.24) is 14.8 Å². The Labute approximate surface area is 113 Å². The number of ether oxygens (including phenoxy) is 1. The van der Waals surface area contributed by atoms with Crippen LogP contribution in [0.1, 0.15) is 19.5 Å². The van der Waals surface area contributed by atoms with E-state index in [0.29, 0.717) is 5.88 Å². The van der Waals surface area contributed by atoms with Crippen molar-refractivity contribution in [2.75, 3.05) is 7.11 Å². The number of aryl methyl sites for hydroxylation is 1. The second-order valence-electron chi connectivity index (χ2n) is 4.27. The van der Waals surface area contributed by atoms with Crippen LogP contribution in [0.4, 0.5) is 0 Å². The minimum atomic E-state index is 0.103. The maximum Gasteiger partial charge on any atom is 0.242 e. The van der Waals surface area contributed by atoms with Crippen LogP contribution < -0.4 is 4.74 Å². The highest BCUT2D eigenvalue weighted by atomic mass is 16.5. The molecule has 5 heteroatoms. The predicted molar refractivity (Wildman–Crippen MR) is 76.5 cm³/mol. The zero-order valence-electron chi connectivity index (χ0n) is 12.1. The Kier molecular flexibility index (Phi) is 5.51. The molecule has 0 unspecified atom stereocenters. The lowest BCUT2D eigenvalue weighted by molar-refractivity contribution is 0.231. The van der Waals surface area contributed by atoms with Gasteiger partial charge in [0.25, 0.3) is 0 Å². The first-order valence-electron chi connectivity index (χ1n) is 6.21. The summed E-state index contributed by atoms with van der Waals surface area (Å²) in [5.41, 5.74) is 2.93. The molecule has 19 heavy (non-hydrogen) atoms. The first kappa shape index (κ1) is 15.2. The fourth-order valence-corrected chi connectivity index (χ4v) is 1.69. The molecule has 0 saturated carbocycles. The van der Waals surface area contributed by atoms with Crippen LogP contribution in [0.15, 0.2) is 24.4 Å². The van der Waals surface area contributed by atoms with Gasteiger partial charge in [0.2, 0.25) is 5.88 Å². The Morgan fingerprint density at radius 2 is 1.95 bits per heavy atom. The lowest BCUT2D eigenvalue weighted by Gasteiger charge is -2.08. The highest BCUT2D eigenvalue weighted by molar-refractivity contribution is 5.67. The van der Waals surface area contributed by atoms with Gasteiger partial charge in [-0.25, -0.2) is 0 Å². The topological polar surface area (TPSA) is 62.8 Å². The van der Waals surface area contributed by atoms with Crippen LogP contribution in [0.3, 0.4) is 0 Å². The van der Waals surface area contributed by atoms with Gasteiger partial charge in [-0.1, -0.05) is 6.07 Å². The minimum absolute atomic E-state index is 0.103. The van der Waals surface area contributed by atoms with E-state index in [1.165, 1.54) is 7.11 Å². The number of hydrogen-bond acceptors (Lipinski definition) is 3. The van der Waals surface area contributed by atoms with E-state index >= 15 is 0 Å². The zero-order valence-corrected chi connectivity index (χ0v) is 12.1. The first-order valence-corrected chi connectivity index (χ1v) is 6.21. The van der Waals surface area contributed by atoms with Crippen molar-refractivity contribution in [3.8, 4) is 17.1 Å². The van der Waals surface area contributed by atoms with Gasteiger partial charge in [0.15, 0.2) is 0 Å². The molecule has 104 valence electrons. The third-order valence-corrected chi connectivity index (χ3v) is 2.57. The highest BCUT2D eigenvalue weighted by Crippen LogP contribution is 2.31. The molecule has 0 radical (unpaired) electrons. The molecular formula is C14H22N3O2+. The minimum Gasteiger partial charge on any atom is -0.473 e. The highest BCUT2D eigenvalue weighted by Gasteiger charge is 2.17. The molecule has 0 fully saturated rings. The summed E-state index contributed by atoms with van der Waals surface area (Å²) in [6.45, 7) is 6.00. The molecule has 2 rings (SSSR count). The predicted octanol–water partition coefficient (Wildman–Crippen LogP) is 1.92. The van der Waals surface area contributed by atoms with Crippen LogP contribution in [-0.2, 0) is 7.05 Å². The van der Waals surface area contributed by atoms with Crippen molar-refractivity contribution >= 4 is 0 Å². The van der Waals surface area contributed by atoms with Crippen LogP contribution in [-0.4, -0.2) is 33.1 Å². The van der Waals surface area contributed by atoms with E-state index in [1.807, 2.05) is 50.7 Å². The van der Waals surface area contributed by atoms with E-state index in [-0.39, 0.29) is 6.10 Å². The van der Waals surface area contributed by atoms with E-state index in [1.54, 1.807) is 6.20 Å². The van der Waals surface area contributed by atoms with Gasteiger partial charge in [-0.3, -0.25) is 9.67 Å². The van der Waals surface area contributed by atoms with Gasteiger partial charge in [-0.2, -0.15) is 0 Å². The third-order valence-electron chi connectivity index (χ3n) is 2.57. The van der Waals surface area contributed by atoms with Crippen LogP contribution in [0, 0.1) is 6.92 Å². The second kappa shape index (κ2) is 6.89. The summed E-state index contributed by atoms with van der Waals surface area (Å²) in [7, 11) is 3.16. The normalized spacial score (nSPS) is 10.1. The molecule has 5 nitrogen and oxygen atoms in total. The van der Waals surface area contributed by atoms with E-state index in [4.69, 9.17) is 9.84 Å². The number of aromatic nitrogens is 3. The fourth-order valence-electron chi connectivity index (χ4n) is 1.69. The van der Waals surface area contributed by atoms with Crippen molar-refractivity contribution < 1.29 is 9.84 Å². The van der Waals surface area contributed by atoms with Gasteiger partial charge < -0.3 is 9.84 Å². The lowest BCUT2D eigenvalue weighted by Crippen LogP contribution is -2.07. The summed E-state index contributed by atoms with van der Waals surface area (Å²) in [5, 5.41) is 10.1. The molecule has 0 aliphatic rings. The smallest absolute Gasteiger partial charge is 0.242 e. The zero-order chi connectivity index (χ0) is 14.4. The molecular weight excluding hydrogens is 242 g/mol. The Morgan fingerprint density at radius 3 is 2.47 bits per heavy atom. The molecule has 0 bridgehead atoms. The van der Waals surface area contributed by atoms with Crippen LogP contribution in [0.2, 0.25) is 0 Å². The molecule has 0 spiro atoms. The summed E-state index contributed by atoms with van der Waals surface area (Å²) in [6.07, 6.45) is 1.88. The van der Waals surface area contributed by atoms with Crippen molar-refractivity contribution in [2.24, 2.45) is 7.05 Å². The van der Waals surface area contributed by atoms with Gasteiger partial charge >= 0.3 is 0 Å². The molecule has 2 aromatic rings. The first-order chi connectivity index (χ1) is 9.09. The number of hydrogen-bond donors (Lipinski definition) is 0. The van der Waals surface area contributed by atoms with Crippen molar-refractivity contribution in [3.05, 3.63) is 30.1 Å². The van der Waals surface area contributed by atoms with Crippen molar-refractivity contribution in [3.63, 3.8) is 0 Å². The summed E-state index contributed by atoms with van der Waals surface area (Å²) in [6, 6.07) is 5.84. The monoisotopic (exact) mass is 264 g/mol. The van der Waals surface area contributed by atoms with Gasteiger partial charge in [0, 0.05) is 18.9 Å². The molecule has 0 amide bonds. The maximum absolute atomic E-state index is 5.75. The quantitative estimate of drug-likeness (QED) is 0.796. The number of pyridine rings is 1. The Bertz CT molecular complexity index is 507. The average Bonchev–Trinajstić information content (AvgIpc) is 2.67. The summed E-state index contributed by atoms with van der Waals surface area (Å²) in [4.78, 5) is 4.36. The molecule has 0 aliphatic heterocycles. The van der Waals surface area contributed by atoms with E-state index in [0.717, 1.165) is 17.0 Å². The van der Waals surface area contributed by atoms with Gasteiger partial charge in [0.1, 0.15) is 7.11 Å². The SMILES string of the molecule is C[OH2+].Cc1c(-c2ccccn2)c(OC(C)C)nn1C. The molecule has 0 saturated heterocycles. The van der Waals surface area contributed by atoms with Gasteiger partial charge in [-0.15, -0.1) is 5.10 Å². The standard InChI is InChI=1S/C13H17N3O.CH4O/c1-9(2)17-13-12(10(3)16(4)15-13)11-7-5-6-8-14-11;1-2/h5-9H,1-4H3;2H,1H3/p+1. The van der Waals surface area contributed by atoms with E-state index in [9.17, 15) is 0 Å². The maximum atomic E-state index is 5.75. The Balaban J connectivity index is 0.000000861. The molecule has 0 atom stereocenters. The van der Waals surface area contributed by atoms with Gasteiger partial charge in [-0.05, 0) is 32.9 Å². The molecule has 0 aliphatic carbocycles. The van der Waals surface area contributed by atoms with Gasteiger partial charge in [0.05, 0.1) is 17.4 Å². The molecule has 2 heterocycles. The lowest BCUT2D eigenvalue weighted by atomic mass is 10.1. The average molecular weight is 264 g/mol. The Hall–Kier alpha value is -1.88. The van der Waals surface area contributed by atoms with Crippen molar-refractivity contribution in [2.45, 2.75) is 26.9 Å². The van der Waals surface area contributed by atoms with Crippen LogP contribution >= 0.6 is 0 Å². The Morgan fingerprint density at radius 1 is 1.26 bits per heavy atom. The summed E-state index contributed by atoms with van der Waals surface area (Å²) < 4.78 is 7.55. The summed E-state index contributed by atoms with van der Waals surface area (Å²) >= 11 is 0. The van der Waals surface area contributed by atoms with Crippen LogP contribution in [0.5, 0.6) is 5.88 Å². The summed E-state index contributed by atoms with van der Waals surface area (Å²) in [5.74, 6) is 0.652. The number of rotatable bonds is 3. The molecule has 0 aromatic carbocycles. The fraction of sp³-hybridized carbons (Fsp3) is 0.429. The molecule has 2 aromatic heterocycles. The third kappa shape index (κ3) is 3.54. The largest absolute Gasteiger partial charge is 0.473 e.